The number of carbonyl (C=O) groups is 2. The van der Waals surface area contributed by atoms with Crippen molar-refractivity contribution in [3.05, 3.63) is 23.0 Å². The number of esters is 1. The summed E-state index contributed by atoms with van der Waals surface area (Å²) < 4.78 is 10.5. The first kappa shape index (κ1) is 14.5. The molecule has 0 aromatic carbocycles. The third-order valence-corrected chi connectivity index (χ3v) is 3.85. The molecular weight excluding hydrogens is 304 g/mol. The maximum Gasteiger partial charge on any atom is 0.360 e. The van der Waals surface area contributed by atoms with Crippen molar-refractivity contribution < 1.29 is 23.8 Å². The minimum atomic E-state index is -0.937. The lowest BCUT2D eigenvalue weighted by molar-refractivity contribution is -0.136. The topological polar surface area (TPSA) is 103 Å². The average Bonchev–Trinajstić information content (AvgIpc) is 2.99. The van der Waals surface area contributed by atoms with Crippen LogP contribution in [-0.4, -0.2) is 33.6 Å². The fourth-order valence-corrected chi connectivity index (χ4v) is 2.90. The predicted molar refractivity (Wildman–Crippen MR) is 70.0 cm³/mol. The molecule has 9 heteroatoms. The van der Waals surface area contributed by atoms with Gasteiger partial charge in [0.05, 0.1) is 18.7 Å². The Balaban J connectivity index is 2.01. The molecule has 0 saturated heterocycles. The summed E-state index contributed by atoms with van der Waals surface area (Å²) in [6.07, 6.45) is 1.09. The largest absolute Gasteiger partial charge is 0.481 e. The number of ether oxygens (including phenoxy) is 1. The molecule has 1 N–H and O–H groups in total. The molecule has 2 rings (SSSR count). The molecule has 0 spiro atoms. The fraction of sp³-hybridized carbons (Fsp3) is 0.273. The van der Waals surface area contributed by atoms with Crippen LogP contribution in [0, 0.1) is 0 Å². The van der Waals surface area contributed by atoms with Crippen LogP contribution in [0.5, 0.6) is 0 Å². The van der Waals surface area contributed by atoms with Gasteiger partial charge in [-0.25, -0.2) is 9.78 Å². The van der Waals surface area contributed by atoms with Gasteiger partial charge in [-0.1, -0.05) is 0 Å². The van der Waals surface area contributed by atoms with Gasteiger partial charge in [0.1, 0.15) is 6.26 Å². The Morgan fingerprint density at radius 2 is 2.30 bits per heavy atom. The molecule has 0 amide bonds. The zero-order chi connectivity index (χ0) is 14.5. The highest BCUT2D eigenvalue weighted by Gasteiger charge is 2.15. The average molecular weight is 314 g/mol. The monoisotopic (exact) mass is 314 g/mol. The van der Waals surface area contributed by atoms with Crippen molar-refractivity contribution in [1.82, 2.24) is 9.97 Å². The Kier molecular flexibility index (Phi) is 4.74. The molecule has 0 unspecified atom stereocenters. The van der Waals surface area contributed by atoms with Crippen LogP contribution in [0.2, 0.25) is 0 Å². The van der Waals surface area contributed by atoms with E-state index in [1.54, 1.807) is 12.3 Å². The SMILES string of the molecule is CCOC(=O)c1coc(Sc2nc(CC(=O)O)cs2)n1. The van der Waals surface area contributed by atoms with Gasteiger partial charge in [0.2, 0.25) is 0 Å². The number of thiazole rings is 1. The molecule has 2 heterocycles. The van der Waals surface area contributed by atoms with Crippen LogP contribution < -0.4 is 0 Å². The van der Waals surface area contributed by atoms with Gasteiger partial charge < -0.3 is 14.3 Å². The zero-order valence-electron chi connectivity index (χ0n) is 10.4. The summed E-state index contributed by atoms with van der Waals surface area (Å²) in [5, 5.41) is 10.6. The molecule has 0 aliphatic carbocycles. The number of nitrogens with zero attached hydrogens (tertiary/aromatic N) is 2. The molecule has 2 aromatic heterocycles. The molecule has 106 valence electrons. The molecule has 0 atom stereocenters. The number of hydrogen-bond acceptors (Lipinski definition) is 8. The molecule has 0 radical (unpaired) electrons. The van der Waals surface area contributed by atoms with Gasteiger partial charge in [0, 0.05) is 17.1 Å². The maximum atomic E-state index is 11.4. The minimum Gasteiger partial charge on any atom is -0.481 e. The summed E-state index contributed by atoms with van der Waals surface area (Å²) in [7, 11) is 0. The predicted octanol–water partition coefficient (Wildman–Crippen LogP) is 2.09. The Labute approximate surface area is 122 Å². The van der Waals surface area contributed by atoms with Crippen molar-refractivity contribution >= 4 is 35.0 Å². The summed E-state index contributed by atoms with van der Waals surface area (Å²) >= 11 is 2.41. The lowest BCUT2D eigenvalue weighted by Gasteiger charge is -1.94. The van der Waals surface area contributed by atoms with E-state index in [0.29, 0.717) is 10.0 Å². The second-order valence-electron chi connectivity index (χ2n) is 3.50. The summed E-state index contributed by atoms with van der Waals surface area (Å²) in [6.45, 7) is 1.96. The Hall–Kier alpha value is -1.87. The summed E-state index contributed by atoms with van der Waals surface area (Å²) in [6, 6.07) is 0. The molecule has 0 bridgehead atoms. The number of hydrogen-bond donors (Lipinski definition) is 1. The molecule has 0 aliphatic heterocycles. The fourth-order valence-electron chi connectivity index (χ4n) is 1.25. The van der Waals surface area contributed by atoms with Gasteiger partial charge in [0.15, 0.2) is 10.0 Å². The lowest BCUT2D eigenvalue weighted by Crippen LogP contribution is -2.04. The summed E-state index contributed by atoms with van der Waals surface area (Å²) in [5.74, 6) is -1.48. The number of carbonyl (C=O) groups excluding carboxylic acids is 1. The van der Waals surface area contributed by atoms with E-state index in [2.05, 4.69) is 9.97 Å². The maximum absolute atomic E-state index is 11.4. The van der Waals surface area contributed by atoms with Crippen LogP contribution in [0.1, 0.15) is 23.1 Å². The van der Waals surface area contributed by atoms with Crippen molar-refractivity contribution in [3.8, 4) is 0 Å². The number of aromatic nitrogens is 2. The van der Waals surface area contributed by atoms with Gasteiger partial charge >= 0.3 is 11.9 Å². The smallest absolute Gasteiger partial charge is 0.360 e. The van der Waals surface area contributed by atoms with Crippen LogP contribution in [0.25, 0.3) is 0 Å². The van der Waals surface area contributed by atoms with Gasteiger partial charge in [-0.15, -0.1) is 11.3 Å². The van der Waals surface area contributed by atoms with Gasteiger partial charge in [-0.3, -0.25) is 4.79 Å². The third-order valence-electron chi connectivity index (χ3n) is 2.01. The molecule has 2 aromatic rings. The number of rotatable bonds is 6. The first-order valence-corrected chi connectivity index (χ1v) is 7.24. The van der Waals surface area contributed by atoms with Crippen molar-refractivity contribution in [3.63, 3.8) is 0 Å². The molecule has 0 saturated carbocycles. The van der Waals surface area contributed by atoms with Crippen LogP contribution in [-0.2, 0) is 16.0 Å². The van der Waals surface area contributed by atoms with E-state index in [9.17, 15) is 9.59 Å². The zero-order valence-corrected chi connectivity index (χ0v) is 12.0. The number of oxazole rings is 1. The van der Waals surface area contributed by atoms with Crippen molar-refractivity contribution in [2.75, 3.05) is 6.61 Å². The quantitative estimate of drug-likeness (QED) is 0.808. The van der Waals surface area contributed by atoms with Crippen LogP contribution in [0.3, 0.4) is 0 Å². The summed E-state index contributed by atoms with van der Waals surface area (Å²) in [5.41, 5.74) is 0.568. The van der Waals surface area contributed by atoms with Crippen LogP contribution in [0.4, 0.5) is 0 Å². The van der Waals surface area contributed by atoms with Crippen molar-refractivity contribution in [2.45, 2.75) is 22.9 Å². The highest BCUT2D eigenvalue weighted by molar-refractivity contribution is 8.00. The van der Waals surface area contributed by atoms with E-state index in [1.807, 2.05) is 0 Å². The normalized spacial score (nSPS) is 10.4. The number of aliphatic carboxylic acids is 1. The Morgan fingerprint density at radius 1 is 1.50 bits per heavy atom. The van der Waals surface area contributed by atoms with Crippen molar-refractivity contribution in [2.24, 2.45) is 0 Å². The minimum absolute atomic E-state index is 0.0941. The molecular formula is C11H10N2O5S2. The number of carboxylic acids is 1. The number of carboxylic acid groups (broad SMARTS) is 1. The van der Waals surface area contributed by atoms with E-state index < -0.39 is 11.9 Å². The van der Waals surface area contributed by atoms with E-state index in [1.165, 1.54) is 17.6 Å². The van der Waals surface area contributed by atoms with E-state index >= 15 is 0 Å². The molecule has 20 heavy (non-hydrogen) atoms. The van der Waals surface area contributed by atoms with Gasteiger partial charge in [-0.2, -0.15) is 4.98 Å². The van der Waals surface area contributed by atoms with Crippen LogP contribution in [0.15, 0.2) is 25.6 Å². The Morgan fingerprint density at radius 3 is 3.00 bits per heavy atom. The highest BCUT2D eigenvalue weighted by Crippen LogP contribution is 2.29. The van der Waals surface area contributed by atoms with Gasteiger partial charge in [-0.05, 0) is 6.92 Å². The van der Waals surface area contributed by atoms with E-state index in [-0.39, 0.29) is 23.9 Å². The highest BCUT2D eigenvalue weighted by atomic mass is 32.2. The first-order valence-electron chi connectivity index (χ1n) is 5.55. The third kappa shape index (κ3) is 3.81. The molecule has 0 fully saturated rings. The standard InChI is InChI=1S/C11H10N2O5S2/c1-2-17-9(16)7-4-18-10(13-7)20-11-12-6(5-19-11)3-8(14)15/h4-5H,2-3H2,1H3,(H,14,15). The van der Waals surface area contributed by atoms with E-state index in [4.69, 9.17) is 14.3 Å². The summed E-state index contributed by atoms with van der Waals surface area (Å²) in [4.78, 5) is 30.0. The first-order chi connectivity index (χ1) is 9.58. The Bertz CT molecular complexity index is 622. The second-order valence-corrected chi connectivity index (χ2v) is 5.55. The second kappa shape index (κ2) is 6.53. The van der Waals surface area contributed by atoms with Crippen LogP contribution >= 0.6 is 23.1 Å². The lowest BCUT2D eigenvalue weighted by atomic mass is 10.3. The molecule has 0 aliphatic rings. The van der Waals surface area contributed by atoms with E-state index in [0.717, 1.165) is 11.8 Å². The van der Waals surface area contributed by atoms with Gasteiger partial charge in [0.25, 0.3) is 5.22 Å². The molecule has 7 nitrogen and oxygen atoms in total. The van der Waals surface area contributed by atoms with Crippen molar-refractivity contribution in [1.29, 1.82) is 0 Å².